The first-order chi connectivity index (χ1) is 14.9. The number of nitrogens with zero attached hydrogens (tertiary/aromatic N) is 2. The molecular weight excluding hydrogens is 419 g/mol. The molecule has 0 saturated carbocycles. The van der Waals surface area contributed by atoms with Crippen molar-refractivity contribution in [1.29, 1.82) is 0 Å². The van der Waals surface area contributed by atoms with Gasteiger partial charge >= 0.3 is 5.97 Å². The van der Waals surface area contributed by atoms with Crippen LogP contribution in [0.1, 0.15) is 26.9 Å². The third-order valence-electron chi connectivity index (χ3n) is 4.86. The van der Waals surface area contributed by atoms with Gasteiger partial charge in [-0.25, -0.2) is 9.18 Å². The maximum Gasteiger partial charge on any atom is 0.338 e. The monoisotopic (exact) mass is 446 g/mol. The van der Waals surface area contributed by atoms with Crippen molar-refractivity contribution in [3.63, 3.8) is 0 Å². The Morgan fingerprint density at radius 3 is 2.58 bits per heavy atom. The summed E-state index contributed by atoms with van der Waals surface area (Å²) in [5.41, 5.74) is 2.80. The number of hydrogen-bond acceptors (Lipinski definition) is 6. The summed E-state index contributed by atoms with van der Waals surface area (Å²) in [5.74, 6) is -0.415. The van der Waals surface area contributed by atoms with E-state index in [-0.39, 0.29) is 23.7 Å². The first-order valence-electron chi connectivity index (χ1n) is 10.1. The van der Waals surface area contributed by atoms with Gasteiger partial charge in [-0.1, -0.05) is 12.1 Å². The van der Waals surface area contributed by atoms with Crippen molar-refractivity contribution in [2.45, 2.75) is 12.3 Å². The number of carbonyl (C=O) groups is 2. The van der Waals surface area contributed by atoms with Gasteiger partial charge in [-0.15, -0.1) is 11.8 Å². The lowest BCUT2D eigenvalue weighted by Crippen LogP contribution is -2.28. The van der Waals surface area contributed by atoms with Crippen LogP contribution in [0.15, 0.2) is 42.5 Å². The number of rotatable bonds is 9. The molecule has 1 heterocycles. The predicted octanol–water partition coefficient (Wildman–Crippen LogP) is 3.65. The first-order valence-corrected chi connectivity index (χ1v) is 11.1. The molecule has 1 unspecified atom stereocenters. The lowest BCUT2D eigenvalue weighted by molar-refractivity contribution is -0.115. The van der Waals surface area contributed by atoms with E-state index < -0.39 is 5.97 Å². The van der Waals surface area contributed by atoms with E-state index in [1.54, 1.807) is 35.2 Å². The molecule has 0 aliphatic carbocycles. The molecule has 1 aliphatic rings. The van der Waals surface area contributed by atoms with Crippen LogP contribution in [0.25, 0.3) is 0 Å². The number of anilines is 1. The highest BCUT2D eigenvalue weighted by atomic mass is 32.2. The molecular formula is C23H27FN2O4S. The molecule has 0 bridgehead atoms. The van der Waals surface area contributed by atoms with Gasteiger partial charge < -0.3 is 14.4 Å². The standard InChI is InChI=1S/C23H27FN2O4S/c1-16-14-18(23(28)30-13-12-29-11-10-25(2)3)6-9-20(16)26-21(27)15-31-22(26)17-4-7-19(24)8-5-17/h4-9,14,22H,10-13,15H2,1-3H3. The van der Waals surface area contributed by atoms with Crippen molar-refractivity contribution >= 4 is 29.3 Å². The van der Waals surface area contributed by atoms with Gasteiger partial charge in [0.1, 0.15) is 17.8 Å². The molecule has 0 radical (unpaired) electrons. The number of esters is 1. The summed E-state index contributed by atoms with van der Waals surface area (Å²) in [7, 11) is 3.93. The van der Waals surface area contributed by atoms with Crippen LogP contribution >= 0.6 is 11.8 Å². The summed E-state index contributed by atoms with van der Waals surface area (Å²) >= 11 is 1.50. The van der Waals surface area contributed by atoms with Crippen molar-refractivity contribution < 1.29 is 23.5 Å². The molecule has 166 valence electrons. The molecule has 1 aliphatic heterocycles. The molecule has 3 rings (SSSR count). The van der Waals surface area contributed by atoms with E-state index in [0.29, 0.717) is 24.5 Å². The normalized spacial score (nSPS) is 16.2. The Hall–Kier alpha value is -2.42. The van der Waals surface area contributed by atoms with Crippen molar-refractivity contribution in [3.05, 3.63) is 65.0 Å². The molecule has 1 amide bonds. The first kappa shape index (κ1) is 23.2. The van der Waals surface area contributed by atoms with Gasteiger partial charge in [-0.3, -0.25) is 9.69 Å². The predicted molar refractivity (Wildman–Crippen MR) is 120 cm³/mol. The average Bonchev–Trinajstić information content (AvgIpc) is 3.11. The number of hydrogen-bond donors (Lipinski definition) is 0. The molecule has 0 spiro atoms. The number of likely N-dealkylation sites (N-methyl/N-ethyl adjacent to an activating group) is 1. The molecule has 2 aromatic carbocycles. The minimum Gasteiger partial charge on any atom is -0.460 e. The minimum atomic E-state index is -0.428. The highest BCUT2D eigenvalue weighted by Crippen LogP contribution is 2.42. The largest absolute Gasteiger partial charge is 0.460 e. The van der Waals surface area contributed by atoms with Crippen LogP contribution < -0.4 is 4.90 Å². The van der Waals surface area contributed by atoms with Crippen molar-refractivity contribution in [2.24, 2.45) is 0 Å². The number of thioether (sulfide) groups is 1. The molecule has 8 heteroatoms. The second-order valence-corrected chi connectivity index (χ2v) is 8.60. The molecule has 2 aromatic rings. The summed E-state index contributed by atoms with van der Waals surface area (Å²) in [6.45, 7) is 3.77. The molecule has 6 nitrogen and oxygen atoms in total. The fraction of sp³-hybridized carbons (Fsp3) is 0.391. The Balaban J connectivity index is 1.64. The zero-order valence-electron chi connectivity index (χ0n) is 18.0. The SMILES string of the molecule is Cc1cc(C(=O)OCCOCCN(C)C)ccc1N1C(=O)CSC1c1ccc(F)cc1. The Morgan fingerprint density at radius 2 is 1.90 bits per heavy atom. The van der Waals surface area contributed by atoms with Crippen molar-refractivity contribution in [2.75, 3.05) is 51.1 Å². The highest BCUT2D eigenvalue weighted by Gasteiger charge is 2.35. The molecule has 1 saturated heterocycles. The van der Waals surface area contributed by atoms with Crippen molar-refractivity contribution in [1.82, 2.24) is 4.90 Å². The number of amides is 1. The minimum absolute atomic E-state index is 0.0207. The van der Waals surface area contributed by atoms with Gasteiger partial charge in [0.25, 0.3) is 0 Å². The van der Waals surface area contributed by atoms with Crippen LogP contribution in [0, 0.1) is 12.7 Å². The summed E-state index contributed by atoms with van der Waals surface area (Å²) in [6, 6.07) is 11.3. The molecule has 0 aromatic heterocycles. The third kappa shape index (κ3) is 6.06. The molecule has 31 heavy (non-hydrogen) atoms. The average molecular weight is 447 g/mol. The highest BCUT2D eigenvalue weighted by molar-refractivity contribution is 8.00. The maximum atomic E-state index is 13.3. The third-order valence-corrected chi connectivity index (χ3v) is 6.07. The summed E-state index contributed by atoms with van der Waals surface area (Å²) in [6.07, 6.45) is 0. The van der Waals surface area contributed by atoms with Crippen LogP contribution in [0.4, 0.5) is 10.1 Å². The summed E-state index contributed by atoms with van der Waals surface area (Å²) < 4.78 is 24.0. The van der Waals surface area contributed by atoms with E-state index in [1.165, 1.54) is 23.9 Å². The van der Waals surface area contributed by atoms with Crippen LogP contribution in [0.3, 0.4) is 0 Å². The lowest BCUT2D eigenvalue weighted by Gasteiger charge is -2.26. The molecule has 1 fully saturated rings. The van der Waals surface area contributed by atoms with Crippen LogP contribution in [0.2, 0.25) is 0 Å². The molecule has 0 N–H and O–H groups in total. The number of carbonyl (C=O) groups excluding carboxylic acids is 2. The number of halogens is 1. The van der Waals surface area contributed by atoms with Gasteiger partial charge in [-0.2, -0.15) is 0 Å². The van der Waals surface area contributed by atoms with E-state index in [1.807, 2.05) is 25.9 Å². The second kappa shape index (κ2) is 10.7. The van der Waals surface area contributed by atoms with Gasteiger partial charge in [0.05, 0.1) is 24.5 Å². The van der Waals surface area contributed by atoms with Crippen LogP contribution in [-0.4, -0.2) is 63.0 Å². The zero-order valence-corrected chi connectivity index (χ0v) is 18.8. The van der Waals surface area contributed by atoms with Gasteiger partial charge in [0, 0.05) is 12.2 Å². The van der Waals surface area contributed by atoms with E-state index in [4.69, 9.17) is 9.47 Å². The Labute approximate surface area is 186 Å². The van der Waals surface area contributed by atoms with E-state index in [9.17, 15) is 14.0 Å². The van der Waals surface area contributed by atoms with Gasteiger partial charge in [-0.05, 0) is 62.5 Å². The Bertz CT molecular complexity index is 920. The number of benzene rings is 2. The van der Waals surface area contributed by atoms with E-state index in [2.05, 4.69) is 0 Å². The zero-order chi connectivity index (χ0) is 22.4. The summed E-state index contributed by atoms with van der Waals surface area (Å²) in [5, 5.41) is -0.232. The Kier molecular flexibility index (Phi) is 8.06. The fourth-order valence-electron chi connectivity index (χ4n) is 3.24. The van der Waals surface area contributed by atoms with Gasteiger partial charge in [0.15, 0.2) is 0 Å². The Morgan fingerprint density at radius 1 is 1.16 bits per heavy atom. The van der Waals surface area contributed by atoms with E-state index >= 15 is 0 Å². The fourth-order valence-corrected chi connectivity index (χ4v) is 4.41. The van der Waals surface area contributed by atoms with Crippen molar-refractivity contribution in [3.8, 4) is 0 Å². The maximum absolute atomic E-state index is 13.3. The number of aryl methyl sites for hydroxylation is 1. The number of ether oxygens (including phenoxy) is 2. The van der Waals surface area contributed by atoms with Crippen LogP contribution in [-0.2, 0) is 14.3 Å². The van der Waals surface area contributed by atoms with E-state index in [0.717, 1.165) is 23.4 Å². The van der Waals surface area contributed by atoms with Crippen LogP contribution in [0.5, 0.6) is 0 Å². The smallest absolute Gasteiger partial charge is 0.338 e. The lowest BCUT2D eigenvalue weighted by atomic mass is 10.1. The quantitative estimate of drug-likeness (QED) is 0.433. The second-order valence-electron chi connectivity index (χ2n) is 7.53. The van der Waals surface area contributed by atoms with Gasteiger partial charge in [0.2, 0.25) is 5.91 Å². The summed E-state index contributed by atoms with van der Waals surface area (Å²) in [4.78, 5) is 28.7. The topological polar surface area (TPSA) is 59.1 Å². The molecule has 1 atom stereocenters.